The lowest BCUT2D eigenvalue weighted by atomic mass is 9.90. The highest BCUT2D eigenvalue weighted by atomic mass is 16.5. The summed E-state index contributed by atoms with van der Waals surface area (Å²) in [6, 6.07) is 3.74. The number of amides is 1. The Morgan fingerprint density at radius 1 is 1.38 bits per heavy atom. The summed E-state index contributed by atoms with van der Waals surface area (Å²) in [6.07, 6.45) is 2.12. The second-order valence-electron chi connectivity index (χ2n) is 6.00. The molecule has 24 heavy (non-hydrogen) atoms. The van der Waals surface area contributed by atoms with E-state index in [2.05, 4.69) is 21.4 Å². The molecule has 0 aliphatic rings. The van der Waals surface area contributed by atoms with Crippen molar-refractivity contribution >= 4 is 17.8 Å². The third-order valence-corrected chi connectivity index (χ3v) is 3.71. The van der Waals surface area contributed by atoms with Crippen LogP contribution in [-0.2, 0) is 14.3 Å². The first-order valence-corrected chi connectivity index (χ1v) is 7.60. The Morgan fingerprint density at radius 2 is 1.96 bits per heavy atom. The highest BCUT2D eigenvalue weighted by Crippen LogP contribution is 2.15. The van der Waals surface area contributed by atoms with Crippen molar-refractivity contribution in [2.24, 2.45) is 5.92 Å². The van der Waals surface area contributed by atoms with Gasteiger partial charge in [0.15, 0.2) is 6.10 Å². The monoisotopic (exact) mass is 333 g/mol. The molecule has 2 atom stereocenters. The van der Waals surface area contributed by atoms with Gasteiger partial charge in [0.05, 0.1) is 6.07 Å². The lowest BCUT2D eigenvalue weighted by molar-refractivity contribution is -0.154. The number of nitrogens with zero attached hydrogens (tertiary/aromatic N) is 4. The molecule has 0 spiro atoms. The van der Waals surface area contributed by atoms with Gasteiger partial charge in [0.25, 0.3) is 5.91 Å². The molecular formula is C16H23N5O3. The second-order valence-corrected chi connectivity index (χ2v) is 6.00. The Balaban J connectivity index is 2.58. The van der Waals surface area contributed by atoms with Crippen LogP contribution in [0.2, 0.25) is 0 Å². The molecule has 0 unspecified atom stereocenters. The molecular weight excluding hydrogens is 310 g/mol. The summed E-state index contributed by atoms with van der Waals surface area (Å²) in [6.45, 7) is 6.65. The van der Waals surface area contributed by atoms with Crippen molar-refractivity contribution in [3.63, 3.8) is 0 Å². The molecule has 1 N–H and O–H groups in total. The van der Waals surface area contributed by atoms with Gasteiger partial charge in [0.1, 0.15) is 12.1 Å². The zero-order valence-corrected chi connectivity index (χ0v) is 14.6. The van der Waals surface area contributed by atoms with Crippen LogP contribution in [-0.4, -0.2) is 47.1 Å². The number of esters is 1. The maximum atomic E-state index is 12.1. The molecule has 0 aromatic carbocycles. The third-order valence-electron chi connectivity index (χ3n) is 3.71. The van der Waals surface area contributed by atoms with E-state index in [0.29, 0.717) is 5.95 Å². The highest BCUT2D eigenvalue weighted by Gasteiger charge is 2.32. The van der Waals surface area contributed by atoms with Crippen molar-refractivity contribution in [3.05, 3.63) is 18.5 Å². The van der Waals surface area contributed by atoms with Crippen LogP contribution in [0.4, 0.5) is 5.95 Å². The average Bonchev–Trinajstić information content (AvgIpc) is 2.54. The molecule has 1 aromatic heterocycles. The average molecular weight is 333 g/mol. The Kier molecular flexibility index (Phi) is 6.65. The van der Waals surface area contributed by atoms with E-state index in [-0.39, 0.29) is 12.5 Å². The summed E-state index contributed by atoms with van der Waals surface area (Å²) in [5.41, 5.74) is -1.02. The predicted molar refractivity (Wildman–Crippen MR) is 87.9 cm³/mol. The highest BCUT2D eigenvalue weighted by molar-refractivity contribution is 5.85. The van der Waals surface area contributed by atoms with Crippen LogP contribution in [0.3, 0.4) is 0 Å². The summed E-state index contributed by atoms with van der Waals surface area (Å²) in [7, 11) is 1.65. The number of nitrogens with one attached hydrogen (secondary N) is 1. The van der Waals surface area contributed by atoms with Crippen LogP contribution in [0.5, 0.6) is 0 Å². The number of carbonyl (C=O) groups excluding carboxylic acids is 2. The van der Waals surface area contributed by atoms with Gasteiger partial charge in [-0.3, -0.25) is 9.59 Å². The van der Waals surface area contributed by atoms with Crippen molar-refractivity contribution in [2.45, 2.75) is 39.3 Å². The zero-order valence-electron chi connectivity index (χ0n) is 14.6. The summed E-state index contributed by atoms with van der Waals surface area (Å²) < 4.78 is 5.12. The molecule has 0 saturated heterocycles. The minimum atomic E-state index is -1.02. The standard InChI is InChI=1S/C16H23N5O3/c1-11(2)16(4,10-17)20-14(23)12(3)24-13(22)9-21(5)15-18-7-6-8-19-15/h6-8,11-12H,9H2,1-5H3,(H,20,23)/t12-,16-/m0/s1. The number of carbonyl (C=O) groups is 2. The van der Waals surface area contributed by atoms with E-state index in [0.717, 1.165) is 0 Å². The van der Waals surface area contributed by atoms with Crippen LogP contribution in [0.15, 0.2) is 18.5 Å². The van der Waals surface area contributed by atoms with E-state index in [1.165, 1.54) is 11.8 Å². The number of hydrogen-bond donors (Lipinski definition) is 1. The van der Waals surface area contributed by atoms with Gasteiger partial charge in [0.2, 0.25) is 5.95 Å². The normalized spacial score (nSPS) is 14.2. The second kappa shape index (κ2) is 8.24. The first kappa shape index (κ1) is 19.4. The fourth-order valence-electron chi connectivity index (χ4n) is 1.70. The largest absolute Gasteiger partial charge is 0.451 e. The molecule has 1 amide bonds. The number of likely N-dealkylation sites (N-methyl/N-ethyl adjacent to an activating group) is 1. The molecule has 0 fully saturated rings. The zero-order chi connectivity index (χ0) is 18.3. The van der Waals surface area contributed by atoms with Crippen LogP contribution >= 0.6 is 0 Å². The van der Waals surface area contributed by atoms with Crippen molar-refractivity contribution in [1.29, 1.82) is 5.26 Å². The Labute approximate surface area is 141 Å². The van der Waals surface area contributed by atoms with E-state index in [4.69, 9.17) is 4.74 Å². The number of aromatic nitrogens is 2. The number of rotatable bonds is 7. The van der Waals surface area contributed by atoms with Gasteiger partial charge in [-0.05, 0) is 25.8 Å². The van der Waals surface area contributed by atoms with E-state index < -0.39 is 23.5 Å². The smallest absolute Gasteiger partial charge is 0.326 e. The van der Waals surface area contributed by atoms with E-state index >= 15 is 0 Å². The van der Waals surface area contributed by atoms with E-state index in [1.807, 2.05) is 13.8 Å². The first-order chi connectivity index (χ1) is 11.2. The molecule has 0 radical (unpaired) electrons. The lowest BCUT2D eigenvalue weighted by Gasteiger charge is -2.28. The van der Waals surface area contributed by atoms with Gasteiger partial charge in [0, 0.05) is 19.4 Å². The number of nitriles is 1. The Hall–Kier alpha value is -2.69. The molecule has 0 aliphatic carbocycles. The van der Waals surface area contributed by atoms with Crippen LogP contribution in [0.25, 0.3) is 0 Å². The molecule has 0 aliphatic heterocycles. The molecule has 8 heteroatoms. The van der Waals surface area contributed by atoms with Gasteiger partial charge in [-0.1, -0.05) is 13.8 Å². The molecule has 0 bridgehead atoms. The van der Waals surface area contributed by atoms with Gasteiger partial charge in [-0.2, -0.15) is 5.26 Å². The quantitative estimate of drug-likeness (QED) is 0.738. The molecule has 1 rings (SSSR count). The number of hydrogen-bond acceptors (Lipinski definition) is 7. The van der Waals surface area contributed by atoms with Gasteiger partial charge in [-0.25, -0.2) is 9.97 Å². The third kappa shape index (κ3) is 5.19. The molecule has 8 nitrogen and oxygen atoms in total. The fourth-order valence-corrected chi connectivity index (χ4v) is 1.70. The topological polar surface area (TPSA) is 108 Å². The van der Waals surface area contributed by atoms with Crippen molar-refractivity contribution in [1.82, 2.24) is 15.3 Å². The van der Waals surface area contributed by atoms with Gasteiger partial charge in [-0.15, -0.1) is 0 Å². The van der Waals surface area contributed by atoms with Crippen LogP contribution < -0.4 is 10.2 Å². The van der Waals surface area contributed by atoms with Crippen molar-refractivity contribution in [2.75, 3.05) is 18.5 Å². The van der Waals surface area contributed by atoms with Gasteiger partial charge < -0.3 is 15.0 Å². The van der Waals surface area contributed by atoms with E-state index in [9.17, 15) is 14.9 Å². The summed E-state index contributed by atoms with van der Waals surface area (Å²) >= 11 is 0. The summed E-state index contributed by atoms with van der Waals surface area (Å²) in [5, 5.41) is 11.8. The molecule has 130 valence electrons. The Bertz CT molecular complexity index is 614. The fraction of sp³-hybridized carbons (Fsp3) is 0.562. The van der Waals surface area contributed by atoms with E-state index in [1.54, 1.807) is 32.4 Å². The van der Waals surface area contributed by atoms with Crippen molar-refractivity contribution in [3.8, 4) is 6.07 Å². The minimum absolute atomic E-state index is 0.0873. The van der Waals surface area contributed by atoms with Gasteiger partial charge >= 0.3 is 5.97 Å². The summed E-state index contributed by atoms with van der Waals surface area (Å²) in [4.78, 5) is 33.6. The lowest BCUT2D eigenvalue weighted by Crippen LogP contribution is -2.52. The number of anilines is 1. The van der Waals surface area contributed by atoms with Crippen molar-refractivity contribution < 1.29 is 14.3 Å². The SMILES string of the molecule is CC(C)[C@](C)(C#N)NC(=O)[C@H](C)OC(=O)CN(C)c1ncccn1. The van der Waals surface area contributed by atoms with Crippen LogP contribution in [0.1, 0.15) is 27.7 Å². The first-order valence-electron chi connectivity index (χ1n) is 7.60. The molecule has 1 aromatic rings. The Morgan fingerprint density at radius 3 is 2.46 bits per heavy atom. The maximum absolute atomic E-state index is 12.1. The molecule has 0 saturated carbocycles. The van der Waals surface area contributed by atoms with Crippen LogP contribution in [0, 0.1) is 17.2 Å². The predicted octanol–water partition coefficient (Wildman–Crippen LogP) is 0.899. The summed E-state index contributed by atoms with van der Waals surface area (Å²) in [5.74, 6) is -0.811. The molecule has 1 heterocycles. The maximum Gasteiger partial charge on any atom is 0.326 e. The minimum Gasteiger partial charge on any atom is -0.451 e. The number of ether oxygens (including phenoxy) is 1.